The molecule has 0 aliphatic heterocycles. The van der Waals surface area contributed by atoms with E-state index in [-0.39, 0.29) is 46.5 Å². The van der Waals surface area contributed by atoms with Gasteiger partial charge in [-0.1, -0.05) is 30.3 Å². The molecular formula is C15H13Cl2OTi. The largest absolute Gasteiger partial charge is 3.00 e. The second kappa shape index (κ2) is 11.0. The van der Waals surface area contributed by atoms with Crippen LogP contribution < -0.4 is 24.8 Å². The van der Waals surface area contributed by atoms with E-state index < -0.39 is 0 Å². The topological polar surface area (TPSA) is 20.2 Å². The van der Waals surface area contributed by atoms with Crippen LogP contribution in [0, 0.1) is 0 Å². The Labute approximate surface area is 140 Å². The quantitative estimate of drug-likeness (QED) is 0.372. The third-order valence-corrected chi connectivity index (χ3v) is 2.29. The summed E-state index contributed by atoms with van der Waals surface area (Å²) in [4.78, 5) is 0. The maximum absolute atomic E-state index is 9.13. The van der Waals surface area contributed by atoms with Gasteiger partial charge in [-0.2, -0.15) is 18.2 Å². The van der Waals surface area contributed by atoms with Crippen LogP contribution in [0.25, 0.3) is 10.8 Å². The molecule has 3 aromatic carbocycles. The van der Waals surface area contributed by atoms with Crippen LogP contribution in [0.2, 0.25) is 0 Å². The molecule has 1 radical (unpaired) electrons. The Kier molecular flexibility index (Phi) is 11.9. The zero-order chi connectivity index (χ0) is 11.2. The van der Waals surface area contributed by atoms with Gasteiger partial charge in [0, 0.05) is 0 Å². The summed E-state index contributed by atoms with van der Waals surface area (Å²) in [6.45, 7) is 0. The molecule has 3 rings (SSSR count). The van der Waals surface area contributed by atoms with E-state index in [0.29, 0.717) is 5.75 Å². The summed E-state index contributed by atoms with van der Waals surface area (Å²) < 4.78 is 0. The molecule has 0 aliphatic rings. The Hall–Kier alpha value is -0.856. The first-order valence-electron chi connectivity index (χ1n) is 5.21. The molecule has 0 saturated heterocycles. The second-order valence-electron chi connectivity index (χ2n) is 3.49. The maximum Gasteiger partial charge on any atom is 3.00 e. The zero-order valence-electron chi connectivity index (χ0n) is 10.1. The first-order chi connectivity index (χ1) is 7.86. The standard InChI is InChI=1S/C10H8O.C5H5.2ClH.Ti/c11-10-6-5-8-3-1-2-4-9(8)7-10;1-2-4-5-3-1;;;/h1-7,11H;1-5H;2*1H;/q;-1;;;+3/p-2. The maximum atomic E-state index is 9.13. The molecule has 19 heavy (non-hydrogen) atoms. The van der Waals surface area contributed by atoms with Gasteiger partial charge >= 0.3 is 21.7 Å². The van der Waals surface area contributed by atoms with Gasteiger partial charge in [0.25, 0.3) is 0 Å². The molecule has 97 valence electrons. The van der Waals surface area contributed by atoms with Crippen LogP contribution in [0.4, 0.5) is 0 Å². The van der Waals surface area contributed by atoms with E-state index in [1.165, 1.54) is 0 Å². The van der Waals surface area contributed by atoms with Crippen molar-refractivity contribution in [2.75, 3.05) is 0 Å². The van der Waals surface area contributed by atoms with Gasteiger partial charge in [0.05, 0.1) is 0 Å². The molecule has 0 unspecified atom stereocenters. The van der Waals surface area contributed by atoms with Gasteiger partial charge in [-0.15, -0.1) is 0 Å². The van der Waals surface area contributed by atoms with Crippen LogP contribution in [0.15, 0.2) is 72.8 Å². The summed E-state index contributed by atoms with van der Waals surface area (Å²) >= 11 is 0. The van der Waals surface area contributed by atoms with Gasteiger partial charge in [0.15, 0.2) is 0 Å². The molecule has 0 spiro atoms. The van der Waals surface area contributed by atoms with Crippen LogP contribution in [-0.4, -0.2) is 5.11 Å². The molecule has 0 heterocycles. The average Bonchev–Trinajstić information content (AvgIpc) is 2.87. The number of hydrogen-bond donors (Lipinski definition) is 1. The van der Waals surface area contributed by atoms with Gasteiger partial charge < -0.3 is 29.9 Å². The second-order valence-corrected chi connectivity index (χ2v) is 3.49. The predicted octanol–water partition coefficient (Wildman–Crippen LogP) is -2.04. The summed E-state index contributed by atoms with van der Waals surface area (Å²) in [5.41, 5.74) is 0. The molecule has 0 atom stereocenters. The number of phenolic OH excluding ortho intramolecular Hbond substituents is 1. The van der Waals surface area contributed by atoms with E-state index >= 15 is 0 Å². The fourth-order valence-corrected chi connectivity index (χ4v) is 1.50. The number of aromatic hydroxyl groups is 1. The fourth-order valence-electron chi connectivity index (χ4n) is 1.50. The van der Waals surface area contributed by atoms with E-state index in [1.54, 1.807) is 12.1 Å². The molecule has 0 aliphatic carbocycles. The fraction of sp³-hybridized carbons (Fsp3) is 0. The first-order valence-corrected chi connectivity index (χ1v) is 5.21. The normalized spacial score (nSPS) is 8.00. The monoisotopic (exact) mass is 327 g/mol. The van der Waals surface area contributed by atoms with E-state index in [1.807, 2.05) is 60.7 Å². The van der Waals surface area contributed by atoms with Gasteiger partial charge in [-0.25, -0.2) is 12.1 Å². The SMILES string of the molecule is Oc1ccc2ccccc2c1.[Cl-].[Cl-].[Ti+3].c1cc[cH-]c1. The van der Waals surface area contributed by atoms with Crippen molar-refractivity contribution < 1.29 is 51.6 Å². The molecule has 3 aromatic rings. The third-order valence-electron chi connectivity index (χ3n) is 2.29. The van der Waals surface area contributed by atoms with Crippen LogP contribution >= 0.6 is 0 Å². The van der Waals surface area contributed by atoms with Crippen molar-refractivity contribution in [2.24, 2.45) is 0 Å². The van der Waals surface area contributed by atoms with Crippen LogP contribution in [0.1, 0.15) is 0 Å². The Bertz CT molecular complexity index is 536. The van der Waals surface area contributed by atoms with E-state index in [0.717, 1.165) is 10.8 Å². The molecule has 0 fully saturated rings. The summed E-state index contributed by atoms with van der Waals surface area (Å²) in [5, 5.41) is 11.4. The van der Waals surface area contributed by atoms with Crippen molar-refractivity contribution >= 4 is 10.8 Å². The number of phenols is 1. The summed E-state index contributed by atoms with van der Waals surface area (Å²) in [6, 6.07) is 23.3. The van der Waals surface area contributed by atoms with Gasteiger partial charge in [0.2, 0.25) is 0 Å². The molecule has 1 N–H and O–H groups in total. The minimum atomic E-state index is 0. The molecule has 0 aromatic heterocycles. The average molecular weight is 328 g/mol. The van der Waals surface area contributed by atoms with Gasteiger partial charge in [-0.3, -0.25) is 0 Å². The van der Waals surface area contributed by atoms with E-state index in [2.05, 4.69) is 0 Å². The van der Waals surface area contributed by atoms with Crippen molar-refractivity contribution in [3.05, 3.63) is 72.8 Å². The molecule has 0 bridgehead atoms. The van der Waals surface area contributed by atoms with Crippen molar-refractivity contribution in [2.45, 2.75) is 0 Å². The smallest absolute Gasteiger partial charge is 1.00 e. The molecular weight excluding hydrogens is 315 g/mol. The zero-order valence-corrected chi connectivity index (χ0v) is 13.2. The Morgan fingerprint density at radius 3 is 1.84 bits per heavy atom. The summed E-state index contributed by atoms with van der Waals surface area (Å²) in [5.74, 6) is 0.323. The van der Waals surface area contributed by atoms with Crippen LogP contribution in [-0.2, 0) is 21.7 Å². The van der Waals surface area contributed by atoms with Gasteiger partial charge in [0.1, 0.15) is 5.75 Å². The van der Waals surface area contributed by atoms with Crippen molar-refractivity contribution in [3.63, 3.8) is 0 Å². The Morgan fingerprint density at radius 1 is 0.737 bits per heavy atom. The summed E-state index contributed by atoms with van der Waals surface area (Å²) in [7, 11) is 0. The first kappa shape index (κ1) is 20.5. The van der Waals surface area contributed by atoms with Crippen molar-refractivity contribution in [1.82, 2.24) is 0 Å². The third kappa shape index (κ3) is 6.75. The number of fused-ring (bicyclic) bond motifs is 1. The minimum absolute atomic E-state index is 0. The van der Waals surface area contributed by atoms with Crippen LogP contribution in [0.5, 0.6) is 5.75 Å². The Morgan fingerprint density at radius 2 is 1.32 bits per heavy atom. The van der Waals surface area contributed by atoms with Crippen molar-refractivity contribution in [3.8, 4) is 5.75 Å². The van der Waals surface area contributed by atoms with Crippen LogP contribution in [0.3, 0.4) is 0 Å². The molecule has 1 nitrogen and oxygen atoms in total. The van der Waals surface area contributed by atoms with Crippen molar-refractivity contribution in [1.29, 1.82) is 0 Å². The predicted molar refractivity (Wildman–Crippen MR) is 67.6 cm³/mol. The van der Waals surface area contributed by atoms with Gasteiger partial charge in [-0.05, 0) is 22.9 Å². The summed E-state index contributed by atoms with van der Waals surface area (Å²) in [6.07, 6.45) is 0. The number of hydrogen-bond acceptors (Lipinski definition) is 1. The molecule has 4 heteroatoms. The number of benzene rings is 2. The Balaban J connectivity index is 0. The van der Waals surface area contributed by atoms with E-state index in [4.69, 9.17) is 5.11 Å². The van der Waals surface area contributed by atoms with E-state index in [9.17, 15) is 0 Å². The number of halogens is 2. The molecule has 0 amide bonds. The molecule has 0 saturated carbocycles. The number of rotatable bonds is 0. The minimum Gasteiger partial charge on any atom is -1.00 e.